The van der Waals surface area contributed by atoms with Gasteiger partial charge >= 0.3 is 6.03 Å². The number of amides is 2. The summed E-state index contributed by atoms with van der Waals surface area (Å²) in [5.74, 6) is -0.327. The molecule has 0 saturated carbocycles. The molecule has 0 bridgehead atoms. The summed E-state index contributed by atoms with van der Waals surface area (Å²) in [6, 6.07) is 8.39. The molecule has 168 valence electrons. The van der Waals surface area contributed by atoms with Crippen LogP contribution in [0.15, 0.2) is 35.5 Å². The molecule has 2 N–H and O–H groups in total. The number of ketones is 1. The van der Waals surface area contributed by atoms with Crippen molar-refractivity contribution in [3.63, 3.8) is 0 Å². The van der Waals surface area contributed by atoms with Crippen LogP contribution in [0.25, 0.3) is 0 Å². The van der Waals surface area contributed by atoms with Gasteiger partial charge in [0.1, 0.15) is 5.82 Å². The normalized spacial score (nSPS) is 20.5. The van der Waals surface area contributed by atoms with Crippen LogP contribution in [0.3, 0.4) is 0 Å². The Morgan fingerprint density at radius 3 is 2.66 bits per heavy atom. The Bertz CT molecular complexity index is 1140. The van der Waals surface area contributed by atoms with Crippen molar-refractivity contribution in [3.8, 4) is 0 Å². The average Bonchev–Trinajstić information content (AvgIpc) is 3.09. The zero-order valence-corrected chi connectivity index (χ0v) is 19.0. The molecule has 2 aliphatic rings. The number of Topliss-reactive ketones (excluding diaryl/α,β-unsaturated/α-hetero) is 1. The number of halogens is 2. The summed E-state index contributed by atoms with van der Waals surface area (Å²) < 4.78 is 14.7. The Balaban J connectivity index is 1.47. The Hall–Kier alpha value is -2.93. The van der Waals surface area contributed by atoms with Gasteiger partial charge in [-0.1, -0.05) is 28.9 Å². The van der Waals surface area contributed by atoms with Crippen molar-refractivity contribution in [1.82, 2.24) is 4.90 Å². The molecule has 6 nitrogen and oxygen atoms in total. The van der Waals surface area contributed by atoms with Gasteiger partial charge in [-0.2, -0.15) is 0 Å². The van der Waals surface area contributed by atoms with Crippen LogP contribution in [0, 0.1) is 25.6 Å². The van der Waals surface area contributed by atoms with Crippen LogP contribution in [0.1, 0.15) is 52.4 Å². The monoisotopic (exact) mass is 457 g/mol. The van der Waals surface area contributed by atoms with Crippen LogP contribution >= 0.6 is 11.6 Å². The highest BCUT2D eigenvalue weighted by Gasteiger charge is 2.39. The molecule has 2 heterocycles. The smallest absolute Gasteiger partial charge is 0.314 e. The third kappa shape index (κ3) is 4.09. The lowest BCUT2D eigenvalue weighted by atomic mass is 9.86. The first-order valence-electron chi connectivity index (χ1n) is 10.5. The number of hydrogen-bond donors (Lipinski definition) is 1. The van der Waals surface area contributed by atoms with E-state index in [1.807, 2.05) is 26.0 Å². The van der Waals surface area contributed by atoms with Gasteiger partial charge in [-0.25, -0.2) is 9.18 Å². The fraction of sp³-hybridized carbons (Fsp3) is 0.375. The Morgan fingerprint density at radius 1 is 1.28 bits per heavy atom. The zero-order chi connectivity index (χ0) is 23.2. The number of urea groups is 1. The first kappa shape index (κ1) is 22.3. The molecule has 0 radical (unpaired) electrons. The summed E-state index contributed by atoms with van der Waals surface area (Å²) in [6.45, 7) is 6.55. The Morgan fingerprint density at radius 2 is 2.00 bits per heavy atom. The van der Waals surface area contributed by atoms with Gasteiger partial charge in [0.2, 0.25) is 0 Å². The topological polar surface area (TPSA) is 85.0 Å². The number of aryl methyl sites for hydroxylation is 2. The molecule has 2 aromatic carbocycles. The van der Waals surface area contributed by atoms with E-state index in [9.17, 15) is 14.0 Å². The second-order valence-electron chi connectivity index (χ2n) is 8.91. The molecule has 0 spiro atoms. The van der Waals surface area contributed by atoms with E-state index in [0.29, 0.717) is 42.8 Å². The minimum absolute atomic E-state index is 0.0362. The van der Waals surface area contributed by atoms with Crippen LogP contribution in [0.5, 0.6) is 0 Å². The minimum atomic E-state index is -0.964. The van der Waals surface area contributed by atoms with Gasteiger partial charge in [-0.3, -0.25) is 4.79 Å². The number of likely N-dealkylation sites (tertiary alicyclic amines) is 1. The lowest BCUT2D eigenvalue weighted by Crippen LogP contribution is -2.52. The second-order valence-corrected chi connectivity index (χ2v) is 9.32. The van der Waals surface area contributed by atoms with Crippen molar-refractivity contribution < 1.29 is 18.8 Å². The van der Waals surface area contributed by atoms with Crippen LogP contribution in [0.2, 0.25) is 5.02 Å². The van der Waals surface area contributed by atoms with Crippen molar-refractivity contribution in [2.45, 2.75) is 39.2 Å². The van der Waals surface area contributed by atoms with Crippen molar-refractivity contribution >= 4 is 29.1 Å². The van der Waals surface area contributed by atoms with Gasteiger partial charge in [0, 0.05) is 43.0 Å². The maximum absolute atomic E-state index is 14.7. The zero-order valence-electron chi connectivity index (χ0n) is 18.2. The van der Waals surface area contributed by atoms with Gasteiger partial charge in [0.15, 0.2) is 11.4 Å². The van der Waals surface area contributed by atoms with E-state index in [-0.39, 0.29) is 16.7 Å². The number of carbonyl (C=O) groups is 2. The SMILES string of the molecule is Cc1cc(Cl)c(F)c(C2(C)CC(c3ccc(C(=O)CC4CN(C(N)=O)C4)c(C)c3)=NO2)c1. The summed E-state index contributed by atoms with van der Waals surface area (Å²) in [7, 11) is 0. The molecule has 4 rings (SSSR count). The number of hydrogen-bond acceptors (Lipinski definition) is 4. The molecule has 1 unspecified atom stereocenters. The summed E-state index contributed by atoms with van der Waals surface area (Å²) in [4.78, 5) is 31.0. The first-order chi connectivity index (χ1) is 15.1. The van der Waals surface area contributed by atoms with E-state index >= 15 is 0 Å². The summed E-state index contributed by atoms with van der Waals surface area (Å²) in [5.41, 5.74) is 8.47. The van der Waals surface area contributed by atoms with E-state index in [2.05, 4.69) is 5.16 Å². The third-order valence-corrected chi connectivity index (χ3v) is 6.48. The molecule has 0 aliphatic carbocycles. The highest BCUT2D eigenvalue weighted by atomic mass is 35.5. The number of nitrogens with two attached hydrogens (primary N) is 1. The summed E-state index contributed by atoms with van der Waals surface area (Å²) >= 11 is 6.03. The van der Waals surface area contributed by atoms with E-state index in [0.717, 1.165) is 16.7 Å². The van der Waals surface area contributed by atoms with Crippen molar-refractivity contribution in [1.29, 1.82) is 0 Å². The quantitative estimate of drug-likeness (QED) is 0.659. The average molecular weight is 458 g/mol. The Labute approximate surface area is 191 Å². The molecule has 1 saturated heterocycles. The fourth-order valence-electron chi connectivity index (χ4n) is 4.36. The maximum atomic E-state index is 14.7. The summed E-state index contributed by atoms with van der Waals surface area (Å²) in [5, 5.41) is 4.28. The van der Waals surface area contributed by atoms with E-state index in [1.54, 1.807) is 25.1 Å². The van der Waals surface area contributed by atoms with Crippen molar-refractivity contribution in [2.24, 2.45) is 16.8 Å². The maximum Gasteiger partial charge on any atom is 0.314 e. The second kappa shape index (κ2) is 8.20. The lowest BCUT2D eigenvalue weighted by Gasteiger charge is -2.37. The van der Waals surface area contributed by atoms with Crippen LogP contribution < -0.4 is 5.73 Å². The van der Waals surface area contributed by atoms with Crippen LogP contribution in [0.4, 0.5) is 9.18 Å². The number of nitrogens with zero attached hydrogens (tertiary/aromatic N) is 2. The van der Waals surface area contributed by atoms with Crippen LogP contribution in [-0.4, -0.2) is 35.5 Å². The molecule has 1 atom stereocenters. The molecule has 2 aliphatic heterocycles. The molecule has 1 fully saturated rings. The van der Waals surface area contributed by atoms with Crippen molar-refractivity contribution in [2.75, 3.05) is 13.1 Å². The van der Waals surface area contributed by atoms with Gasteiger partial charge in [-0.15, -0.1) is 0 Å². The van der Waals surface area contributed by atoms with Gasteiger partial charge < -0.3 is 15.5 Å². The van der Waals surface area contributed by atoms with Gasteiger partial charge in [0.25, 0.3) is 0 Å². The minimum Gasteiger partial charge on any atom is -0.384 e. The molecular weight excluding hydrogens is 433 g/mol. The lowest BCUT2D eigenvalue weighted by molar-refractivity contribution is -0.0100. The van der Waals surface area contributed by atoms with Crippen LogP contribution in [-0.2, 0) is 10.4 Å². The highest BCUT2D eigenvalue weighted by molar-refractivity contribution is 6.30. The third-order valence-electron chi connectivity index (χ3n) is 6.21. The predicted octanol–water partition coefficient (Wildman–Crippen LogP) is 4.72. The Kier molecular flexibility index (Phi) is 5.71. The summed E-state index contributed by atoms with van der Waals surface area (Å²) in [6.07, 6.45) is 0.751. The largest absolute Gasteiger partial charge is 0.384 e. The van der Waals surface area contributed by atoms with E-state index < -0.39 is 17.4 Å². The molecule has 0 aromatic heterocycles. The number of primary amides is 1. The number of carbonyl (C=O) groups excluding carboxylic acids is 2. The molecule has 8 heteroatoms. The van der Waals surface area contributed by atoms with E-state index in [4.69, 9.17) is 22.2 Å². The first-order valence-corrected chi connectivity index (χ1v) is 10.8. The number of oxime groups is 1. The fourth-order valence-corrected chi connectivity index (χ4v) is 4.63. The van der Waals surface area contributed by atoms with Crippen molar-refractivity contribution in [3.05, 3.63) is 69.0 Å². The molecule has 2 amide bonds. The highest BCUT2D eigenvalue weighted by Crippen LogP contribution is 2.39. The predicted molar refractivity (Wildman–Crippen MR) is 121 cm³/mol. The number of benzene rings is 2. The van der Waals surface area contributed by atoms with Gasteiger partial charge in [0.05, 0.1) is 10.7 Å². The number of rotatable bonds is 5. The molecule has 32 heavy (non-hydrogen) atoms. The van der Waals surface area contributed by atoms with E-state index in [1.165, 1.54) is 4.90 Å². The molecular formula is C24H25ClFN3O3. The van der Waals surface area contributed by atoms with Gasteiger partial charge in [-0.05, 0) is 55.7 Å². The molecule has 2 aromatic rings. The standard InChI is InChI=1S/C24H25ClFN3O3/c1-13-6-18(22(26)19(25)7-13)24(3)10-20(28-32-24)16-4-5-17(14(2)8-16)21(30)9-15-11-29(12-15)23(27)31/h4-8,15H,9-12H2,1-3H3,(H2,27,31).